The Morgan fingerprint density at radius 3 is 2.70 bits per heavy atom. The van der Waals surface area contributed by atoms with E-state index in [1.54, 1.807) is 7.11 Å². The van der Waals surface area contributed by atoms with Crippen molar-refractivity contribution in [2.75, 3.05) is 27.2 Å². The molecule has 0 spiro atoms. The lowest BCUT2D eigenvalue weighted by Gasteiger charge is -2.26. The van der Waals surface area contributed by atoms with Crippen LogP contribution in [0.15, 0.2) is 42.5 Å². The molecule has 0 radical (unpaired) electrons. The number of carbonyl (C=O) groups excluding carboxylic acids is 1. The van der Waals surface area contributed by atoms with Crippen LogP contribution in [-0.4, -0.2) is 42.5 Å². The van der Waals surface area contributed by atoms with Crippen molar-refractivity contribution in [1.29, 1.82) is 0 Å². The molecule has 5 nitrogen and oxygen atoms in total. The molecule has 2 heterocycles. The van der Waals surface area contributed by atoms with Crippen LogP contribution in [0, 0.1) is 0 Å². The van der Waals surface area contributed by atoms with E-state index in [-0.39, 0.29) is 18.2 Å². The Kier molecular flexibility index (Phi) is 6.14. The van der Waals surface area contributed by atoms with E-state index < -0.39 is 0 Å². The number of ketones is 1. The van der Waals surface area contributed by atoms with Gasteiger partial charge in [0.15, 0.2) is 0 Å². The van der Waals surface area contributed by atoms with Crippen molar-refractivity contribution in [2.45, 2.75) is 31.8 Å². The van der Waals surface area contributed by atoms with Gasteiger partial charge in [-0.1, -0.05) is 23.7 Å². The second kappa shape index (κ2) is 8.80. The number of ether oxygens (including phenoxy) is 1. The first-order chi connectivity index (χ1) is 14.5. The second-order valence-electron chi connectivity index (χ2n) is 8.10. The van der Waals surface area contributed by atoms with Crippen molar-refractivity contribution in [2.24, 2.45) is 5.73 Å². The number of rotatable bonds is 7. The van der Waals surface area contributed by atoms with Crippen LogP contribution in [0.25, 0.3) is 10.9 Å². The Balaban J connectivity index is 1.78. The summed E-state index contributed by atoms with van der Waals surface area (Å²) in [4.78, 5) is 14.7. The number of carbonyl (C=O) groups is 1. The maximum atomic E-state index is 12.3. The number of halogens is 1. The lowest BCUT2D eigenvalue weighted by atomic mass is 9.93. The largest absolute Gasteiger partial charge is 0.497 e. The number of nitrogens with zero attached hydrogens (tertiary/aromatic N) is 2. The number of aromatic nitrogens is 1. The summed E-state index contributed by atoms with van der Waals surface area (Å²) in [5.41, 5.74) is 10.7. The quantitative estimate of drug-likeness (QED) is 0.621. The Morgan fingerprint density at radius 1 is 1.23 bits per heavy atom. The molecule has 0 aliphatic carbocycles. The second-order valence-corrected chi connectivity index (χ2v) is 8.54. The zero-order valence-electron chi connectivity index (χ0n) is 17.5. The molecule has 4 rings (SSSR count). The number of Topliss-reactive ketones (excluding diaryl/α,β-unsaturated/α-hetero) is 1. The number of fused-ring (bicyclic) bond motifs is 3. The number of likely N-dealkylation sites (N-methyl/N-ethyl adjacent to an activating group) is 1. The summed E-state index contributed by atoms with van der Waals surface area (Å²) in [5.74, 6) is 0.915. The molecule has 1 aliphatic rings. The summed E-state index contributed by atoms with van der Waals surface area (Å²) in [6.45, 7) is 2.71. The minimum atomic E-state index is 0.0366. The summed E-state index contributed by atoms with van der Waals surface area (Å²) >= 11 is 6.33. The monoisotopic (exact) mass is 425 g/mol. The van der Waals surface area contributed by atoms with Crippen molar-refractivity contribution >= 4 is 28.3 Å². The topological polar surface area (TPSA) is 60.5 Å². The van der Waals surface area contributed by atoms with Gasteiger partial charge in [0.2, 0.25) is 0 Å². The first-order valence-corrected chi connectivity index (χ1v) is 10.7. The van der Waals surface area contributed by atoms with Gasteiger partial charge in [-0.3, -0.25) is 4.79 Å². The molecule has 2 aromatic carbocycles. The maximum Gasteiger partial charge on any atom is 0.147 e. The van der Waals surface area contributed by atoms with Crippen LogP contribution in [0.5, 0.6) is 5.75 Å². The minimum Gasteiger partial charge on any atom is -0.497 e. The van der Waals surface area contributed by atoms with Crippen LogP contribution in [0.4, 0.5) is 0 Å². The minimum absolute atomic E-state index is 0.0366. The fourth-order valence-electron chi connectivity index (χ4n) is 4.50. The van der Waals surface area contributed by atoms with Crippen molar-refractivity contribution in [3.05, 3.63) is 64.3 Å². The first-order valence-electron chi connectivity index (χ1n) is 10.3. The molecule has 1 unspecified atom stereocenters. The van der Waals surface area contributed by atoms with Crippen LogP contribution in [0.2, 0.25) is 5.02 Å². The van der Waals surface area contributed by atoms with Crippen molar-refractivity contribution in [1.82, 2.24) is 9.47 Å². The molecule has 6 heteroatoms. The average Bonchev–Trinajstić information content (AvgIpc) is 3.05. The molecule has 3 aromatic rings. The van der Waals surface area contributed by atoms with Crippen LogP contribution in [0.1, 0.15) is 29.2 Å². The Labute approximate surface area is 182 Å². The summed E-state index contributed by atoms with van der Waals surface area (Å²) in [6, 6.07) is 14.1. The van der Waals surface area contributed by atoms with Gasteiger partial charge in [-0.2, -0.15) is 0 Å². The summed E-state index contributed by atoms with van der Waals surface area (Å²) < 4.78 is 7.69. The van der Waals surface area contributed by atoms with Gasteiger partial charge in [-0.25, -0.2) is 0 Å². The maximum absolute atomic E-state index is 12.3. The van der Waals surface area contributed by atoms with Gasteiger partial charge >= 0.3 is 0 Å². The van der Waals surface area contributed by atoms with Gasteiger partial charge in [0.1, 0.15) is 11.5 Å². The molecule has 0 amide bonds. The highest BCUT2D eigenvalue weighted by atomic mass is 35.5. The number of benzene rings is 2. The SMILES string of the molecule is COc1ccc(C(CC(=O)CN)Cn2c3c(c4cc(Cl)ccc42)CCN(C)C3)cc1. The summed E-state index contributed by atoms with van der Waals surface area (Å²) in [7, 11) is 3.81. The molecular weight excluding hydrogens is 398 g/mol. The van der Waals surface area contributed by atoms with E-state index in [1.165, 1.54) is 22.2 Å². The first kappa shape index (κ1) is 20.9. The van der Waals surface area contributed by atoms with Gasteiger partial charge in [0.05, 0.1) is 13.7 Å². The van der Waals surface area contributed by atoms with Crippen LogP contribution >= 0.6 is 11.6 Å². The molecular formula is C24H28ClN3O2. The van der Waals surface area contributed by atoms with Gasteiger partial charge < -0.3 is 19.9 Å². The van der Waals surface area contributed by atoms with Crippen LogP contribution in [0.3, 0.4) is 0 Å². The highest BCUT2D eigenvalue weighted by Crippen LogP contribution is 2.35. The Morgan fingerprint density at radius 2 is 2.00 bits per heavy atom. The highest BCUT2D eigenvalue weighted by Gasteiger charge is 2.25. The zero-order chi connectivity index (χ0) is 21.3. The molecule has 30 heavy (non-hydrogen) atoms. The van der Waals surface area contributed by atoms with Crippen LogP contribution < -0.4 is 10.5 Å². The van der Waals surface area contributed by atoms with E-state index in [4.69, 9.17) is 22.1 Å². The van der Waals surface area contributed by atoms with Gasteiger partial charge in [0.25, 0.3) is 0 Å². The molecule has 1 aliphatic heterocycles. The zero-order valence-corrected chi connectivity index (χ0v) is 18.3. The van der Waals surface area contributed by atoms with E-state index in [0.29, 0.717) is 6.42 Å². The number of nitrogens with two attached hydrogens (primary N) is 1. The van der Waals surface area contributed by atoms with E-state index >= 15 is 0 Å². The van der Waals surface area contributed by atoms with E-state index in [1.807, 2.05) is 18.2 Å². The fourth-order valence-corrected chi connectivity index (χ4v) is 4.67. The van der Waals surface area contributed by atoms with Gasteiger partial charge in [-0.15, -0.1) is 0 Å². The van der Waals surface area contributed by atoms with E-state index in [0.717, 1.165) is 42.4 Å². The van der Waals surface area contributed by atoms with Crippen molar-refractivity contribution < 1.29 is 9.53 Å². The molecule has 2 N–H and O–H groups in total. The summed E-state index contributed by atoms with van der Waals surface area (Å²) in [6.07, 6.45) is 1.42. The van der Waals surface area contributed by atoms with Crippen molar-refractivity contribution in [3.8, 4) is 5.75 Å². The van der Waals surface area contributed by atoms with E-state index in [9.17, 15) is 4.79 Å². The Bertz CT molecular complexity index is 1060. The third kappa shape index (κ3) is 4.10. The Hall–Kier alpha value is -2.34. The molecule has 158 valence electrons. The molecule has 0 saturated carbocycles. The van der Waals surface area contributed by atoms with E-state index in [2.05, 4.69) is 40.8 Å². The number of methoxy groups -OCH3 is 1. The highest BCUT2D eigenvalue weighted by molar-refractivity contribution is 6.31. The molecule has 1 aromatic heterocycles. The molecule has 1 atom stereocenters. The smallest absolute Gasteiger partial charge is 0.147 e. The molecule has 0 bridgehead atoms. The average molecular weight is 426 g/mol. The van der Waals surface area contributed by atoms with Gasteiger partial charge in [0, 0.05) is 53.6 Å². The normalized spacial score (nSPS) is 15.2. The molecule has 0 saturated heterocycles. The summed E-state index contributed by atoms with van der Waals surface area (Å²) in [5, 5.41) is 1.98. The third-order valence-corrected chi connectivity index (χ3v) is 6.34. The lowest BCUT2D eigenvalue weighted by molar-refractivity contribution is -0.118. The third-order valence-electron chi connectivity index (χ3n) is 6.10. The van der Waals surface area contributed by atoms with Gasteiger partial charge in [-0.05, 0) is 54.9 Å². The number of hydrogen-bond donors (Lipinski definition) is 1. The van der Waals surface area contributed by atoms with Crippen molar-refractivity contribution in [3.63, 3.8) is 0 Å². The predicted octanol–water partition coefficient (Wildman–Crippen LogP) is 3.99. The van der Waals surface area contributed by atoms with Crippen LogP contribution in [-0.2, 0) is 24.3 Å². The number of hydrogen-bond acceptors (Lipinski definition) is 4. The molecule has 0 fully saturated rings. The standard InChI is InChI=1S/C24H28ClN3O2/c1-27-10-9-21-22-12-18(25)5-8-23(22)28(24(21)15-27)14-17(11-19(29)13-26)16-3-6-20(30-2)7-4-16/h3-8,12,17H,9-11,13-15,26H2,1-2H3. The lowest BCUT2D eigenvalue weighted by Crippen LogP contribution is -2.28. The fraction of sp³-hybridized carbons (Fsp3) is 0.375. The predicted molar refractivity (Wildman–Crippen MR) is 121 cm³/mol.